The van der Waals surface area contributed by atoms with Crippen molar-refractivity contribution in [1.29, 1.82) is 0 Å². The number of benzene rings is 4. The lowest BCUT2D eigenvalue weighted by Crippen LogP contribution is -2.44. The van der Waals surface area contributed by atoms with Crippen LogP contribution in [0.1, 0.15) is 526 Å². The molecule has 6 rings (SSSR count). The van der Waals surface area contributed by atoms with E-state index in [0.29, 0.717) is 111 Å². The van der Waals surface area contributed by atoms with Crippen LogP contribution in [-0.2, 0) is 0 Å². The average Bonchev–Trinajstić information content (AvgIpc) is 0.698. The van der Waals surface area contributed by atoms with Gasteiger partial charge in [0.25, 0.3) is 35.4 Å². The van der Waals surface area contributed by atoms with Gasteiger partial charge < -0.3 is 39.1 Å². The molecule has 16 heteroatoms. The molecule has 0 bridgehead atoms. The molecule has 0 aliphatic carbocycles. The molecule has 2 aliphatic heterocycles. The molecule has 716 valence electrons. The number of unbranched alkanes of at least 4 members (excludes halogenated alkanes) is 56. The number of hydrogen-bond acceptors (Lipinski definition) is 12. The van der Waals surface area contributed by atoms with Gasteiger partial charge >= 0.3 is 0 Å². The predicted molar refractivity (Wildman–Crippen MR) is 531 cm³/mol. The molecule has 0 fully saturated rings. The molecule has 0 unspecified atom stereocenters. The summed E-state index contributed by atoms with van der Waals surface area (Å²) < 4.78 is 39.8. The second kappa shape index (κ2) is 70.1. The van der Waals surface area contributed by atoms with E-state index in [4.69, 9.17) is 41.3 Å². The van der Waals surface area contributed by atoms with Crippen LogP contribution < -0.4 is 39.1 Å². The standard InChI is InChI=1S/C112H176N4O12/c1-9-17-23-29-35-41-47-53-59-69-79-123-97-87-93(88-98(124-80-70-60-54-48-42-36-30-24-18-10-2)105(97)127-83-73-63-57-51-45-39-33-27-21-13-5)107(117)113-75-65-67-77-115-109(119)95-85-92(16-8)102-104-96(86-91(15-7)101(103(95)104)111(115)121)110(120)116(112(102)122)78-68-66-76-114-108(118)94-89-99(125-81-71-61-55-49-43-37-31-25-19-11-3)106(128-84-74-64-58-52-46-40-34-28-22-14-6)100(90-94)126-82-72-62-56-50-44-38-32-26-20-12-4/h7-8,85-90H,9-14,17-84H2,1-6H3,(H,113,117)(H,114,118). The summed E-state index contributed by atoms with van der Waals surface area (Å²) in [6.45, 7) is 17.0. The first kappa shape index (κ1) is 109. The van der Waals surface area contributed by atoms with Gasteiger partial charge in [-0.1, -0.05) is 400 Å². The SMILES string of the molecule is C#Cc1cc2c3c(c(C#C)cc4c3c1C(=O)N(CCCCNC(=O)c1cc(OCCCCCCCCCCCC)c(OCCCCCCCCCCCC)c(OCCCCCCCCCCCC)c1)C4=O)C(=O)N(CCCCNC(=O)c1cc(OCCCCCCCCCCCC)c(OCCCCCCCCCCCC)c(OCCCCCCCCCCCC)c1)C2=O. The maximum Gasteiger partial charge on any atom is 0.262 e. The van der Waals surface area contributed by atoms with Crippen molar-refractivity contribution in [2.24, 2.45) is 0 Å². The molecule has 16 nitrogen and oxygen atoms in total. The molecule has 2 N–H and O–H groups in total. The highest BCUT2D eigenvalue weighted by atomic mass is 16.5. The molecule has 128 heavy (non-hydrogen) atoms. The summed E-state index contributed by atoms with van der Waals surface area (Å²) in [7, 11) is 0. The largest absolute Gasteiger partial charge is 0.490 e. The summed E-state index contributed by atoms with van der Waals surface area (Å²) in [6, 6.07) is 10.1. The van der Waals surface area contributed by atoms with Crippen LogP contribution in [0.5, 0.6) is 34.5 Å². The molecule has 0 aromatic heterocycles. The lowest BCUT2D eigenvalue weighted by Gasteiger charge is -2.33. The molecule has 0 atom stereocenters. The van der Waals surface area contributed by atoms with Gasteiger partial charge in [0.2, 0.25) is 11.5 Å². The van der Waals surface area contributed by atoms with E-state index in [2.05, 4.69) is 64.0 Å². The molecule has 4 aromatic carbocycles. The summed E-state index contributed by atoms with van der Waals surface area (Å²) in [5.74, 6) is 5.21. The third kappa shape index (κ3) is 41.4. The van der Waals surface area contributed by atoms with Gasteiger partial charge in [0.05, 0.1) is 50.8 Å². The highest BCUT2D eigenvalue weighted by molar-refractivity contribution is 6.34. The molecular weight excluding hydrogens is 1590 g/mol. The molecule has 6 amide bonds. The normalized spacial score (nSPS) is 12.3. The minimum absolute atomic E-state index is 0.0109. The van der Waals surface area contributed by atoms with Crippen molar-refractivity contribution in [2.45, 2.75) is 452 Å². The number of rotatable bonds is 84. The number of nitrogens with zero attached hydrogens (tertiary/aromatic N) is 2. The third-order valence-electron chi connectivity index (χ3n) is 25.8. The van der Waals surface area contributed by atoms with Gasteiger partial charge in [0, 0.05) is 70.3 Å². The van der Waals surface area contributed by atoms with E-state index in [-0.39, 0.29) is 82.1 Å². The zero-order valence-corrected chi connectivity index (χ0v) is 81.7. The van der Waals surface area contributed by atoms with Gasteiger partial charge in [-0.25, -0.2) is 0 Å². The van der Waals surface area contributed by atoms with Crippen LogP contribution in [0.4, 0.5) is 0 Å². The van der Waals surface area contributed by atoms with Crippen molar-refractivity contribution in [3.05, 3.63) is 80.9 Å². The van der Waals surface area contributed by atoms with E-state index in [1.165, 1.54) is 295 Å². The van der Waals surface area contributed by atoms with Crippen molar-refractivity contribution < 1.29 is 57.2 Å². The van der Waals surface area contributed by atoms with Gasteiger partial charge in [0.1, 0.15) is 0 Å². The van der Waals surface area contributed by atoms with E-state index in [9.17, 15) is 28.8 Å². The molecular formula is C112H176N4O12. The summed E-state index contributed by atoms with van der Waals surface area (Å²) in [5, 5.41) is 6.48. The zero-order valence-electron chi connectivity index (χ0n) is 81.7. The van der Waals surface area contributed by atoms with Crippen molar-refractivity contribution in [2.75, 3.05) is 65.8 Å². The monoisotopic (exact) mass is 1770 g/mol. The highest BCUT2D eigenvalue weighted by Crippen LogP contribution is 2.44. The summed E-state index contributed by atoms with van der Waals surface area (Å²) in [4.78, 5) is 90.6. The van der Waals surface area contributed by atoms with Crippen molar-refractivity contribution in [3.8, 4) is 59.2 Å². The Morgan fingerprint density at radius 2 is 0.469 bits per heavy atom. The quantitative estimate of drug-likeness (QED) is 0.0242. The number of hydrogen-bond donors (Lipinski definition) is 2. The highest BCUT2D eigenvalue weighted by Gasteiger charge is 2.42. The number of imide groups is 2. The first-order valence-corrected chi connectivity index (χ1v) is 52.9. The third-order valence-corrected chi connectivity index (χ3v) is 25.8. The Balaban J connectivity index is 1.12. The second-order valence-corrected chi connectivity index (χ2v) is 37.0. The van der Waals surface area contributed by atoms with E-state index in [1.807, 2.05) is 0 Å². The Kier molecular flexibility index (Phi) is 59.7. The van der Waals surface area contributed by atoms with Crippen LogP contribution >= 0.6 is 0 Å². The Hall–Kier alpha value is -7.72. The first-order chi connectivity index (χ1) is 62.9. The van der Waals surface area contributed by atoms with Gasteiger partial charge in [-0.3, -0.25) is 38.6 Å². The summed E-state index contributed by atoms with van der Waals surface area (Å²) in [5.41, 5.74) is 1.23. The molecule has 0 saturated carbocycles. The Labute approximate surface area is 777 Å². The minimum Gasteiger partial charge on any atom is -0.490 e. The van der Waals surface area contributed by atoms with Gasteiger partial charge in [-0.15, -0.1) is 12.8 Å². The van der Waals surface area contributed by atoms with Crippen molar-refractivity contribution in [3.63, 3.8) is 0 Å². The molecule has 2 heterocycles. The van der Waals surface area contributed by atoms with Crippen molar-refractivity contribution in [1.82, 2.24) is 20.4 Å². The number of ether oxygens (including phenoxy) is 6. The van der Waals surface area contributed by atoms with Crippen LogP contribution in [0.15, 0.2) is 36.4 Å². The van der Waals surface area contributed by atoms with Gasteiger partial charge in [-0.2, -0.15) is 0 Å². The van der Waals surface area contributed by atoms with Crippen LogP contribution in [-0.4, -0.2) is 111 Å². The molecule has 2 aliphatic rings. The fourth-order valence-corrected chi connectivity index (χ4v) is 17.9. The maximum absolute atomic E-state index is 14.9. The number of nitrogens with one attached hydrogen (secondary N) is 2. The number of terminal acetylenes is 2. The smallest absolute Gasteiger partial charge is 0.262 e. The lowest BCUT2D eigenvalue weighted by molar-refractivity contribution is 0.0586. The summed E-state index contributed by atoms with van der Waals surface area (Å²) >= 11 is 0. The number of amides is 6. The Bertz CT molecular complexity index is 3510. The maximum atomic E-state index is 14.9. The topological polar surface area (TPSA) is 188 Å². The fraction of sp³-hybridized carbons (Fsp3) is 0.714. The zero-order chi connectivity index (χ0) is 91.5. The average molecular weight is 1770 g/mol. The second-order valence-electron chi connectivity index (χ2n) is 37.0. The Morgan fingerprint density at radius 3 is 0.680 bits per heavy atom. The van der Waals surface area contributed by atoms with Crippen LogP contribution in [0, 0.1) is 24.7 Å². The predicted octanol–water partition coefficient (Wildman–Crippen LogP) is 30.2. The van der Waals surface area contributed by atoms with E-state index in [0.717, 1.165) is 113 Å². The molecule has 0 saturated heterocycles. The molecule has 4 aromatic rings. The van der Waals surface area contributed by atoms with Gasteiger partial charge in [-0.05, 0) is 101 Å². The van der Waals surface area contributed by atoms with E-state index in [1.54, 1.807) is 24.3 Å². The van der Waals surface area contributed by atoms with E-state index >= 15 is 0 Å². The van der Waals surface area contributed by atoms with Gasteiger partial charge in [0.15, 0.2) is 23.0 Å². The number of carbonyl (C=O) groups excluding carboxylic acids is 6. The fourth-order valence-electron chi connectivity index (χ4n) is 17.9. The Morgan fingerprint density at radius 1 is 0.266 bits per heavy atom. The summed E-state index contributed by atoms with van der Waals surface area (Å²) in [6.07, 6.45) is 86.4. The van der Waals surface area contributed by atoms with E-state index < -0.39 is 23.6 Å². The van der Waals surface area contributed by atoms with Crippen LogP contribution in [0.25, 0.3) is 10.8 Å². The first-order valence-electron chi connectivity index (χ1n) is 52.9. The minimum atomic E-state index is -0.647. The molecule has 0 spiro atoms. The van der Waals surface area contributed by atoms with Crippen LogP contribution in [0.3, 0.4) is 0 Å². The lowest BCUT2D eigenvalue weighted by atomic mass is 9.81. The van der Waals surface area contributed by atoms with Crippen LogP contribution in [0.2, 0.25) is 0 Å². The van der Waals surface area contributed by atoms with Crippen molar-refractivity contribution >= 4 is 46.2 Å². The number of carbonyl (C=O) groups is 6. The molecule has 0 radical (unpaired) electrons.